The highest BCUT2D eigenvalue weighted by molar-refractivity contribution is 6.32. The lowest BCUT2D eigenvalue weighted by molar-refractivity contribution is 0.556. The highest BCUT2D eigenvalue weighted by Crippen LogP contribution is 2.16. The van der Waals surface area contributed by atoms with E-state index in [4.69, 9.17) is 11.6 Å². The molecule has 0 aliphatic rings. The Morgan fingerprint density at radius 3 is 2.83 bits per heavy atom. The van der Waals surface area contributed by atoms with E-state index in [9.17, 15) is 4.79 Å². The van der Waals surface area contributed by atoms with Gasteiger partial charge in [0.2, 0.25) is 6.29 Å². The van der Waals surface area contributed by atoms with Crippen LogP contribution in [0.5, 0.6) is 0 Å². The van der Waals surface area contributed by atoms with Gasteiger partial charge in [-0.15, -0.1) is 0 Å². The third-order valence-corrected chi connectivity index (χ3v) is 1.75. The molecular formula is C10H8ClO. The van der Waals surface area contributed by atoms with E-state index in [2.05, 4.69) is 0 Å². The molecule has 0 saturated heterocycles. The van der Waals surface area contributed by atoms with Crippen LogP contribution in [0.2, 0.25) is 5.02 Å². The SMILES string of the molecule is O=[C]CC=Cc1ccccc1Cl. The Hall–Kier alpha value is -1.08. The first-order valence-corrected chi connectivity index (χ1v) is 3.98. The highest BCUT2D eigenvalue weighted by atomic mass is 35.5. The number of hydrogen-bond donors (Lipinski definition) is 0. The lowest BCUT2D eigenvalue weighted by Gasteiger charge is -1.94. The molecule has 2 heteroatoms. The van der Waals surface area contributed by atoms with Crippen molar-refractivity contribution in [2.24, 2.45) is 0 Å². The molecule has 0 saturated carbocycles. The van der Waals surface area contributed by atoms with Gasteiger partial charge in [-0.05, 0) is 11.6 Å². The molecule has 0 aliphatic heterocycles. The molecule has 1 aromatic rings. The van der Waals surface area contributed by atoms with Crippen LogP contribution in [0.3, 0.4) is 0 Å². The molecule has 0 aliphatic carbocycles. The van der Waals surface area contributed by atoms with E-state index >= 15 is 0 Å². The van der Waals surface area contributed by atoms with Crippen molar-refractivity contribution in [3.8, 4) is 0 Å². The lowest BCUT2D eigenvalue weighted by atomic mass is 10.2. The van der Waals surface area contributed by atoms with E-state index in [1.54, 1.807) is 12.4 Å². The minimum atomic E-state index is 0.311. The number of carbonyl (C=O) groups excluding carboxylic acids is 1. The second kappa shape index (κ2) is 4.73. The molecule has 0 spiro atoms. The maximum Gasteiger partial charge on any atom is 0.202 e. The monoisotopic (exact) mass is 179 g/mol. The van der Waals surface area contributed by atoms with Crippen LogP contribution < -0.4 is 0 Å². The fourth-order valence-electron chi connectivity index (χ4n) is 0.844. The second-order valence-corrected chi connectivity index (χ2v) is 2.68. The first-order chi connectivity index (χ1) is 5.84. The van der Waals surface area contributed by atoms with Crippen molar-refractivity contribution in [3.05, 3.63) is 40.9 Å². The van der Waals surface area contributed by atoms with Crippen LogP contribution in [0.15, 0.2) is 30.3 Å². The van der Waals surface area contributed by atoms with Gasteiger partial charge in [-0.1, -0.05) is 42.0 Å². The lowest BCUT2D eigenvalue weighted by Crippen LogP contribution is -1.73. The van der Waals surface area contributed by atoms with Crippen molar-refractivity contribution >= 4 is 24.0 Å². The normalized spacial score (nSPS) is 10.4. The van der Waals surface area contributed by atoms with Gasteiger partial charge in [0, 0.05) is 11.4 Å². The first kappa shape index (κ1) is 9.01. The van der Waals surface area contributed by atoms with Crippen LogP contribution in [-0.2, 0) is 4.79 Å². The summed E-state index contributed by atoms with van der Waals surface area (Å²) in [5.74, 6) is 0. The van der Waals surface area contributed by atoms with Crippen LogP contribution in [0, 0.1) is 0 Å². The van der Waals surface area contributed by atoms with Gasteiger partial charge in [0.05, 0.1) is 0 Å². The molecule has 0 fully saturated rings. The minimum Gasteiger partial charge on any atom is -0.291 e. The first-order valence-electron chi connectivity index (χ1n) is 3.60. The van der Waals surface area contributed by atoms with E-state index < -0.39 is 0 Å². The summed E-state index contributed by atoms with van der Waals surface area (Å²) in [4.78, 5) is 9.87. The molecule has 1 radical (unpaired) electrons. The molecule has 0 aromatic heterocycles. The third-order valence-electron chi connectivity index (χ3n) is 1.40. The molecule has 0 atom stereocenters. The second-order valence-electron chi connectivity index (χ2n) is 2.27. The quantitative estimate of drug-likeness (QED) is 0.698. The van der Waals surface area contributed by atoms with E-state index in [1.807, 2.05) is 30.3 Å². The Morgan fingerprint density at radius 2 is 2.17 bits per heavy atom. The molecular weight excluding hydrogens is 172 g/mol. The smallest absolute Gasteiger partial charge is 0.202 e. The van der Waals surface area contributed by atoms with Gasteiger partial charge in [0.1, 0.15) is 0 Å². The largest absolute Gasteiger partial charge is 0.291 e. The summed E-state index contributed by atoms with van der Waals surface area (Å²) < 4.78 is 0. The zero-order chi connectivity index (χ0) is 8.81. The average molecular weight is 180 g/mol. The number of hydrogen-bond acceptors (Lipinski definition) is 1. The molecule has 0 heterocycles. The molecule has 1 nitrogen and oxygen atoms in total. The third kappa shape index (κ3) is 2.51. The maximum absolute atomic E-state index is 9.87. The minimum absolute atomic E-state index is 0.311. The average Bonchev–Trinajstić information content (AvgIpc) is 2.09. The Labute approximate surface area is 76.7 Å². The zero-order valence-electron chi connectivity index (χ0n) is 6.46. The fraction of sp³-hybridized carbons (Fsp3) is 0.100. The van der Waals surface area contributed by atoms with Crippen molar-refractivity contribution < 1.29 is 4.79 Å². The van der Waals surface area contributed by atoms with Gasteiger partial charge in [-0.25, -0.2) is 0 Å². The van der Waals surface area contributed by atoms with Crippen LogP contribution in [0.1, 0.15) is 12.0 Å². The molecule has 0 N–H and O–H groups in total. The van der Waals surface area contributed by atoms with Crippen molar-refractivity contribution in [3.63, 3.8) is 0 Å². The molecule has 0 bridgehead atoms. The Morgan fingerprint density at radius 1 is 1.42 bits per heavy atom. The Kier molecular flexibility index (Phi) is 3.55. The molecule has 0 unspecified atom stereocenters. The van der Waals surface area contributed by atoms with Gasteiger partial charge < -0.3 is 0 Å². The summed E-state index contributed by atoms with van der Waals surface area (Å²) in [5, 5.41) is 0.694. The van der Waals surface area contributed by atoms with Crippen LogP contribution in [0.25, 0.3) is 6.08 Å². The van der Waals surface area contributed by atoms with E-state index in [1.165, 1.54) is 0 Å². The van der Waals surface area contributed by atoms with Gasteiger partial charge in [-0.3, -0.25) is 4.79 Å². The fourth-order valence-corrected chi connectivity index (χ4v) is 1.04. The number of allylic oxidation sites excluding steroid dienone is 1. The predicted molar refractivity (Wildman–Crippen MR) is 50.8 cm³/mol. The highest BCUT2D eigenvalue weighted by Gasteiger charge is 1.91. The van der Waals surface area contributed by atoms with E-state index in [0.29, 0.717) is 11.4 Å². The summed E-state index contributed by atoms with van der Waals surface area (Å²) in [6.07, 6.45) is 5.63. The zero-order valence-corrected chi connectivity index (χ0v) is 7.21. The van der Waals surface area contributed by atoms with Crippen LogP contribution in [-0.4, -0.2) is 6.29 Å². The van der Waals surface area contributed by atoms with Gasteiger partial charge in [0.15, 0.2) is 0 Å². The molecule has 1 rings (SSSR count). The predicted octanol–water partition coefficient (Wildman–Crippen LogP) is 2.85. The standard InChI is InChI=1S/C10H8ClO/c11-10-7-2-1-5-9(10)6-3-4-8-12/h1-3,5-7H,4H2. The Balaban J connectivity index is 2.74. The summed E-state index contributed by atoms with van der Waals surface area (Å²) in [6.45, 7) is 0. The summed E-state index contributed by atoms with van der Waals surface area (Å²) in [5.41, 5.74) is 0.925. The van der Waals surface area contributed by atoms with Crippen molar-refractivity contribution in [1.82, 2.24) is 0 Å². The van der Waals surface area contributed by atoms with E-state index in [0.717, 1.165) is 5.56 Å². The van der Waals surface area contributed by atoms with Gasteiger partial charge >= 0.3 is 0 Å². The van der Waals surface area contributed by atoms with Crippen molar-refractivity contribution in [1.29, 1.82) is 0 Å². The van der Waals surface area contributed by atoms with E-state index in [-0.39, 0.29) is 0 Å². The number of halogens is 1. The van der Waals surface area contributed by atoms with Crippen molar-refractivity contribution in [2.75, 3.05) is 0 Å². The van der Waals surface area contributed by atoms with Crippen molar-refractivity contribution in [2.45, 2.75) is 6.42 Å². The molecule has 61 valence electrons. The van der Waals surface area contributed by atoms with Crippen LogP contribution >= 0.6 is 11.6 Å². The molecule has 0 amide bonds. The summed E-state index contributed by atoms with van der Waals surface area (Å²) >= 11 is 5.85. The summed E-state index contributed by atoms with van der Waals surface area (Å²) in [7, 11) is 0. The molecule has 1 aromatic carbocycles. The molecule has 12 heavy (non-hydrogen) atoms. The van der Waals surface area contributed by atoms with Gasteiger partial charge in [-0.2, -0.15) is 0 Å². The Bertz CT molecular complexity index is 292. The number of benzene rings is 1. The topological polar surface area (TPSA) is 17.1 Å². The summed E-state index contributed by atoms with van der Waals surface area (Å²) in [6, 6.07) is 7.47. The van der Waals surface area contributed by atoms with Gasteiger partial charge in [0.25, 0.3) is 0 Å². The number of rotatable bonds is 3. The maximum atomic E-state index is 9.87. The van der Waals surface area contributed by atoms with Crippen LogP contribution in [0.4, 0.5) is 0 Å².